The van der Waals surface area contributed by atoms with Crippen molar-refractivity contribution < 1.29 is 4.74 Å². The van der Waals surface area contributed by atoms with Gasteiger partial charge in [0.15, 0.2) is 0 Å². The van der Waals surface area contributed by atoms with Crippen LogP contribution in [-0.4, -0.2) is 55.2 Å². The molecule has 0 unspecified atom stereocenters. The van der Waals surface area contributed by atoms with Crippen LogP contribution in [0.3, 0.4) is 0 Å². The minimum Gasteiger partial charge on any atom is -0.373 e. The molecule has 4 atom stereocenters. The number of fused-ring (bicyclic) bond motifs is 1. The van der Waals surface area contributed by atoms with Crippen LogP contribution in [-0.2, 0) is 4.74 Å². The molecule has 5 rings (SSSR count). The van der Waals surface area contributed by atoms with Gasteiger partial charge in [0.05, 0.1) is 12.7 Å². The predicted octanol–water partition coefficient (Wildman–Crippen LogP) is 3.96. The van der Waals surface area contributed by atoms with E-state index in [0.29, 0.717) is 11.5 Å². The molecule has 3 nitrogen and oxygen atoms in total. The lowest BCUT2D eigenvalue weighted by Gasteiger charge is -2.40. The summed E-state index contributed by atoms with van der Waals surface area (Å²) in [5.74, 6) is 1.85. The number of hydrogen-bond donors (Lipinski definition) is 0. The van der Waals surface area contributed by atoms with Crippen LogP contribution in [0.15, 0.2) is 30.3 Å². The van der Waals surface area contributed by atoms with Gasteiger partial charge >= 0.3 is 0 Å². The average Bonchev–Trinajstić information content (AvgIpc) is 3.41. The second kappa shape index (κ2) is 6.92. The second-order valence-electron chi connectivity index (χ2n) is 9.67. The van der Waals surface area contributed by atoms with Crippen LogP contribution in [0.1, 0.15) is 50.7 Å². The van der Waals surface area contributed by atoms with E-state index in [1.54, 1.807) is 0 Å². The lowest BCUT2D eigenvalue weighted by Crippen LogP contribution is -2.50. The Balaban J connectivity index is 1.19. The Bertz CT molecular complexity index is 608. The maximum Gasteiger partial charge on any atom is 0.0828 e. The fourth-order valence-corrected chi connectivity index (χ4v) is 5.73. The van der Waals surface area contributed by atoms with Gasteiger partial charge in [-0.3, -0.25) is 4.90 Å². The fraction of sp³-hybridized carbons (Fsp3) is 0.739. The van der Waals surface area contributed by atoms with E-state index in [2.05, 4.69) is 47.1 Å². The molecule has 3 heteroatoms. The molecule has 0 N–H and O–H groups in total. The monoisotopic (exact) mass is 354 g/mol. The summed E-state index contributed by atoms with van der Waals surface area (Å²) in [6, 6.07) is 11.6. The zero-order chi connectivity index (χ0) is 17.6. The summed E-state index contributed by atoms with van der Waals surface area (Å²) in [5.41, 5.74) is 1.76. The number of ether oxygens (including phenoxy) is 1. The summed E-state index contributed by atoms with van der Waals surface area (Å²) in [6.45, 7) is 9.93. The lowest BCUT2D eigenvalue weighted by atomic mass is 9.75. The molecule has 2 saturated heterocycles. The first-order valence-corrected chi connectivity index (χ1v) is 10.8. The van der Waals surface area contributed by atoms with Crippen LogP contribution in [0.5, 0.6) is 0 Å². The fourth-order valence-electron chi connectivity index (χ4n) is 5.73. The Morgan fingerprint density at radius 2 is 1.81 bits per heavy atom. The Hall–Kier alpha value is -0.900. The molecule has 0 amide bonds. The normalized spacial score (nSPS) is 39.0. The van der Waals surface area contributed by atoms with E-state index in [1.165, 1.54) is 70.4 Å². The molecule has 2 aliphatic heterocycles. The van der Waals surface area contributed by atoms with Gasteiger partial charge in [0.1, 0.15) is 0 Å². The minimum atomic E-state index is 0.309. The molecule has 4 aliphatic rings. The van der Waals surface area contributed by atoms with Gasteiger partial charge in [-0.2, -0.15) is 0 Å². The quantitative estimate of drug-likeness (QED) is 0.814. The molecule has 0 radical (unpaired) electrons. The Morgan fingerprint density at radius 3 is 2.54 bits per heavy atom. The molecule has 1 aromatic rings. The van der Waals surface area contributed by atoms with Gasteiger partial charge in [0.2, 0.25) is 0 Å². The Kier molecular flexibility index (Phi) is 4.58. The van der Waals surface area contributed by atoms with E-state index in [4.69, 9.17) is 4.74 Å². The van der Waals surface area contributed by atoms with Crippen LogP contribution in [0.2, 0.25) is 0 Å². The number of nitrogens with zero attached hydrogens (tertiary/aromatic N) is 2. The largest absolute Gasteiger partial charge is 0.373 e. The molecule has 2 saturated carbocycles. The molecule has 0 bridgehead atoms. The maximum absolute atomic E-state index is 6.36. The molecule has 2 aliphatic carbocycles. The van der Waals surface area contributed by atoms with Crippen molar-refractivity contribution in [1.82, 2.24) is 9.80 Å². The molecule has 0 spiro atoms. The third-order valence-corrected chi connectivity index (χ3v) is 7.66. The summed E-state index contributed by atoms with van der Waals surface area (Å²) in [5, 5.41) is 0. The van der Waals surface area contributed by atoms with Gasteiger partial charge in [-0.15, -0.1) is 0 Å². The van der Waals surface area contributed by atoms with E-state index in [9.17, 15) is 0 Å². The van der Waals surface area contributed by atoms with Crippen LogP contribution in [0.25, 0.3) is 0 Å². The van der Waals surface area contributed by atoms with Crippen molar-refractivity contribution in [1.29, 1.82) is 0 Å². The van der Waals surface area contributed by atoms with Crippen LogP contribution >= 0.6 is 0 Å². The van der Waals surface area contributed by atoms with Crippen LogP contribution < -0.4 is 0 Å². The first kappa shape index (κ1) is 17.2. The smallest absolute Gasteiger partial charge is 0.0828 e. The van der Waals surface area contributed by atoms with Crippen molar-refractivity contribution in [2.24, 2.45) is 17.3 Å². The highest BCUT2D eigenvalue weighted by atomic mass is 16.5. The van der Waals surface area contributed by atoms with E-state index in [1.807, 2.05) is 0 Å². The zero-order valence-corrected chi connectivity index (χ0v) is 16.3. The molecular formula is C23H34N2O. The van der Waals surface area contributed by atoms with Gasteiger partial charge < -0.3 is 9.64 Å². The first-order valence-electron chi connectivity index (χ1n) is 10.8. The SMILES string of the molecule is C[C@@]12CO[C@H](c3ccccc3)C[C@@H]1C[C@@H](N1CCN(CC3CC3)CC1)C2. The van der Waals surface area contributed by atoms with Gasteiger partial charge in [-0.05, 0) is 54.9 Å². The third-order valence-electron chi connectivity index (χ3n) is 7.66. The Morgan fingerprint density at radius 1 is 1.04 bits per heavy atom. The highest BCUT2D eigenvalue weighted by molar-refractivity contribution is 5.19. The summed E-state index contributed by atoms with van der Waals surface area (Å²) in [4.78, 5) is 5.52. The van der Waals surface area contributed by atoms with E-state index >= 15 is 0 Å². The van der Waals surface area contributed by atoms with E-state index < -0.39 is 0 Å². The summed E-state index contributed by atoms with van der Waals surface area (Å²) in [6.07, 6.45) is 7.19. The van der Waals surface area contributed by atoms with Gasteiger partial charge in [-0.25, -0.2) is 0 Å². The molecule has 2 heterocycles. The third kappa shape index (κ3) is 3.46. The highest BCUT2D eigenvalue weighted by Gasteiger charge is 2.49. The molecule has 1 aromatic carbocycles. The summed E-state index contributed by atoms with van der Waals surface area (Å²) < 4.78 is 6.36. The van der Waals surface area contributed by atoms with E-state index in [-0.39, 0.29) is 0 Å². The Labute approximate surface area is 158 Å². The summed E-state index contributed by atoms with van der Waals surface area (Å²) >= 11 is 0. The van der Waals surface area contributed by atoms with Crippen molar-refractivity contribution >= 4 is 0 Å². The van der Waals surface area contributed by atoms with Crippen molar-refractivity contribution in [3.8, 4) is 0 Å². The number of benzene rings is 1. The van der Waals surface area contributed by atoms with Gasteiger partial charge in [0, 0.05) is 38.8 Å². The maximum atomic E-state index is 6.36. The van der Waals surface area contributed by atoms with E-state index in [0.717, 1.165) is 24.5 Å². The number of rotatable bonds is 4. The topological polar surface area (TPSA) is 15.7 Å². The minimum absolute atomic E-state index is 0.309. The highest BCUT2D eigenvalue weighted by Crippen LogP contribution is 2.53. The molecule has 142 valence electrons. The molecular weight excluding hydrogens is 320 g/mol. The lowest BCUT2D eigenvalue weighted by molar-refractivity contribution is -0.0819. The second-order valence-corrected chi connectivity index (χ2v) is 9.67. The predicted molar refractivity (Wildman–Crippen MR) is 105 cm³/mol. The van der Waals surface area contributed by atoms with Gasteiger partial charge in [-0.1, -0.05) is 37.3 Å². The molecule has 4 fully saturated rings. The molecule has 26 heavy (non-hydrogen) atoms. The average molecular weight is 355 g/mol. The molecule has 0 aromatic heterocycles. The van der Waals surface area contributed by atoms with Crippen molar-refractivity contribution in [3.63, 3.8) is 0 Å². The van der Waals surface area contributed by atoms with Crippen LogP contribution in [0.4, 0.5) is 0 Å². The number of hydrogen-bond acceptors (Lipinski definition) is 3. The zero-order valence-electron chi connectivity index (χ0n) is 16.3. The van der Waals surface area contributed by atoms with Crippen molar-refractivity contribution in [3.05, 3.63) is 35.9 Å². The standard InChI is InChI=1S/C23H34N2O/c1-23-15-21(25-11-9-24(10-12-25)16-18-7-8-18)13-20(23)14-22(26-17-23)19-5-3-2-4-6-19/h2-6,18,20-22H,7-17H2,1H3/t20-,21+,22-,23+/m0/s1. The summed E-state index contributed by atoms with van der Waals surface area (Å²) in [7, 11) is 0. The van der Waals surface area contributed by atoms with Crippen molar-refractivity contribution in [2.75, 3.05) is 39.3 Å². The van der Waals surface area contributed by atoms with Gasteiger partial charge in [0.25, 0.3) is 0 Å². The number of piperazine rings is 1. The van der Waals surface area contributed by atoms with Crippen LogP contribution in [0, 0.1) is 17.3 Å². The first-order chi connectivity index (χ1) is 12.7. The van der Waals surface area contributed by atoms with Crippen molar-refractivity contribution in [2.45, 2.75) is 51.2 Å².